The first-order valence-electron chi connectivity index (χ1n) is 10.9. The van der Waals surface area contributed by atoms with Gasteiger partial charge in [0.15, 0.2) is 11.5 Å². The van der Waals surface area contributed by atoms with E-state index in [9.17, 15) is 10.2 Å². The number of hydrogen-bond donors (Lipinski definition) is 4. The molecule has 0 aromatic heterocycles. The monoisotopic (exact) mass is 452 g/mol. The normalized spacial score (nSPS) is 13.7. The number of para-hydroxylation sites is 2. The lowest BCUT2D eigenvalue weighted by Gasteiger charge is -2.26. The first-order chi connectivity index (χ1) is 16.1. The van der Waals surface area contributed by atoms with Crippen molar-refractivity contribution in [2.24, 2.45) is 0 Å². The summed E-state index contributed by atoms with van der Waals surface area (Å²) in [5.41, 5.74) is 7.44. The minimum absolute atomic E-state index is 0.0266. The topological polar surface area (TPSA) is 106 Å². The highest BCUT2D eigenvalue weighted by atomic mass is 16.5. The van der Waals surface area contributed by atoms with Crippen LogP contribution in [0.3, 0.4) is 0 Å². The largest absolute Gasteiger partial charge is 0.493 e. The number of hydrogen-bond acceptors (Lipinski definition) is 7. The van der Waals surface area contributed by atoms with Crippen LogP contribution >= 0.6 is 0 Å². The van der Waals surface area contributed by atoms with Gasteiger partial charge in [0, 0.05) is 18.7 Å². The highest BCUT2D eigenvalue weighted by Crippen LogP contribution is 2.27. The number of ether oxygens (including phenoxy) is 3. The summed E-state index contributed by atoms with van der Waals surface area (Å²) in [5, 5.41) is 23.6. The molecule has 0 aliphatic rings. The molecular weight excluding hydrogens is 420 g/mol. The maximum absolute atomic E-state index is 10.6. The lowest BCUT2D eigenvalue weighted by molar-refractivity contribution is 0.0452. The van der Waals surface area contributed by atoms with E-state index < -0.39 is 12.1 Å². The van der Waals surface area contributed by atoms with Crippen LogP contribution in [0.1, 0.15) is 5.56 Å². The summed E-state index contributed by atoms with van der Waals surface area (Å²) in [7, 11) is 1.60. The van der Waals surface area contributed by atoms with Crippen LogP contribution in [0, 0.1) is 0 Å². The second kappa shape index (κ2) is 12.7. The lowest BCUT2D eigenvalue weighted by atomic mass is 10.1. The fourth-order valence-corrected chi connectivity index (χ4v) is 3.40. The standard InChI is InChI=1S/C26H32N2O5/c1-31-25-9-5-6-10-26(25)33-22(15-19-7-3-2-4-8-19)16-28-23(17-29)24(30)18-32-21-13-11-20(27)12-14-21/h2-14,22-24,28-30H,15-18,27H2,1H3. The molecule has 7 heteroatoms. The zero-order valence-electron chi connectivity index (χ0n) is 18.8. The van der Waals surface area contributed by atoms with Crippen LogP contribution in [-0.2, 0) is 6.42 Å². The first-order valence-corrected chi connectivity index (χ1v) is 10.9. The molecule has 33 heavy (non-hydrogen) atoms. The van der Waals surface area contributed by atoms with E-state index in [1.807, 2.05) is 54.6 Å². The van der Waals surface area contributed by atoms with E-state index in [1.165, 1.54) is 0 Å². The van der Waals surface area contributed by atoms with Gasteiger partial charge in [-0.3, -0.25) is 0 Å². The molecule has 0 amide bonds. The summed E-state index contributed by atoms with van der Waals surface area (Å²) in [6.07, 6.45) is -0.540. The summed E-state index contributed by atoms with van der Waals surface area (Å²) >= 11 is 0. The number of rotatable bonds is 13. The molecule has 0 saturated heterocycles. The van der Waals surface area contributed by atoms with Crippen molar-refractivity contribution in [2.75, 3.05) is 32.6 Å². The third kappa shape index (κ3) is 7.68. The molecule has 0 spiro atoms. The van der Waals surface area contributed by atoms with Crippen LogP contribution < -0.4 is 25.3 Å². The minimum atomic E-state index is -0.920. The number of nitrogens with one attached hydrogen (secondary N) is 1. The number of methoxy groups -OCH3 is 1. The number of aliphatic hydroxyl groups is 2. The van der Waals surface area contributed by atoms with Gasteiger partial charge in [-0.05, 0) is 42.0 Å². The second-order valence-corrected chi connectivity index (χ2v) is 7.73. The van der Waals surface area contributed by atoms with Gasteiger partial charge in [-0.1, -0.05) is 42.5 Å². The van der Waals surface area contributed by atoms with Crippen LogP contribution in [0.2, 0.25) is 0 Å². The molecular formula is C26H32N2O5. The predicted molar refractivity (Wildman–Crippen MR) is 129 cm³/mol. The van der Waals surface area contributed by atoms with Crippen molar-refractivity contribution >= 4 is 5.69 Å². The van der Waals surface area contributed by atoms with Crippen molar-refractivity contribution in [3.63, 3.8) is 0 Å². The summed E-state index contributed by atoms with van der Waals surface area (Å²) in [6, 6.07) is 23.8. The molecule has 0 aliphatic heterocycles. The van der Waals surface area contributed by atoms with Crippen molar-refractivity contribution in [1.29, 1.82) is 0 Å². The quantitative estimate of drug-likeness (QED) is 0.296. The highest BCUT2D eigenvalue weighted by Gasteiger charge is 2.22. The Kier molecular flexibility index (Phi) is 9.38. The third-order valence-corrected chi connectivity index (χ3v) is 5.24. The second-order valence-electron chi connectivity index (χ2n) is 7.73. The van der Waals surface area contributed by atoms with E-state index >= 15 is 0 Å². The smallest absolute Gasteiger partial charge is 0.161 e. The number of nitrogens with two attached hydrogens (primary N) is 1. The van der Waals surface area contributed by atoms with E-state index in [0.29, 0.717) is 35.9 Å². The molecule has 0 saturated carbocycles. The zero-order valence-corrected chi connectivity index (χ0v) is 18.8. The van der Waals surface area contributed by atoms with Gasteiger partial charge in [-0.2, -0.15) is 0 Å². The Hall–Kier alpha value is -3.26. The fraction of sp³-hybridized carbons (Fsp3) is 0.308. The SMILES string of the molecule is COc1ccccc1OC(CNC(CO)C(O)COc1ccc(N)cc1)Cc1ccccc1. The van der Waals surface area contributed by atoms with Crippen molar-refractivity contribution in [1.82, 2.24) is 5.32 Å². The molecule has 0 fully saturated rings. The minimum Gasteiger partial charge on any atom is -0.493 e. The molecule has 3 aromatic rings. The van der Waals surface area contributed by atoms with Gasteiger partial charge in [0.2, 0.25) is 0 Å². The van der Waals surface area contributed by atoms with Gasteiger partial charge >= 0.3 is 0 Å². The fourth-order valence-electron chi connectivity index (χ4n) is 3.40. The van der Waals surface area contributed by atoms with Crippen LogP contribution in [0.15, 0.2) is 78.9 Å². The zero-order chi connectivity index (χ0) is 23.5. The first kappa shape index (κ1) is 24.4. The molecule has 7 nitrogen and oxygen atoms in total. The van der Waals surface area contributed by atoms with E-state index in [0.717, 1.165) is 5.56 Å². The highest BCUT2D eigenvalue weighted by molar-refractivity contribution is 5.41. The predicted octanol–water partition coefficient (Wildman–Crippen LogP) is 2.66. The average Bonchev–Trinajstić information content (AvgIpc) is 2.85. The molecule has 5 N–H and O–H groups in total. The Morgan fingerprint density at radius 2 is 1.58 bits per heavy atom. The summed E-state index contributed by atoms with van der Waals surface area (Å²) in [6.45, 7) is 0.176. The Morgan fingerprint density at radius 3 is 2.24 bits per heavy atom. The Balaban J connectivity index is 1.62. The number of benzene rings is 3. The van der Waals surface area contributed by atoms with E-state index in [-0.39, 0.29) is 19.3 Å². The molecule has 3 atom stereocenters. The van der Waals surface area contributed by atoms with Crippen LogP contribution in [0.4, 0.5) is 5.69 Å². The van der Waals surface area contributed by atoms with Crippen LogP contribution in [0.25, 0.3) is 0 Å². The Labute approximate surface area is 194 Å². The van der Waals surface area contributed by atoms with E-state index in [2.05, 4.69) is 5.32 Å². The third-order valence-electron chi connectivity index (χ3n) is 5.24. The van der Waals surface area contributed by atoms with Crippen molar-refractivity contribution in [3.05, 3.63) is 84.4 Å². The van der Waals surface area contributed by atoms with Gasteiger partial charge in [0.05, 0.1) is 19.8 Å². The van der Waals surface area contributed by atoms with E-state index in [1.54, 1.807) is 31.4 Å². The molecule has 176 valence electrons. The summed E-state index contributed by atoms with van der Waals surface area (Å²) in [4.78, 5) is 0. The Morgan fingerprint density at radius 1 is 0.909 bits per heavy atom. The molecule has 0 radical (unpaired) electrons. The molecule has 0 heterocycles. The lowest BCUT2D eigenvalue weighted by Crippen LogP contribution is -2.49. The number of aliphatic hydroxyl groups excluding tert-OH is 2. The van der Waals surface area contributed by atoms with Crippen molar-refractivity contribution in [2.45, 2.75) is 24.7 Å². The maximum atomic E-state index is 10.6. The number of nitrogen functional groups attached to an aromatic ring is 1. The van der Waals surface area contributed by atoms with Crippen LogP contribution in [0.5, 0.6) is 17.2 Å². The van der Waals surface area contributed by atoms with Crippen molar-refractivity contribution < 1.29 is 24.4 Å². The van der Waals surface area contributed by atoms with Crippen LogP contribution in [-0.4, -0.2) is 55.3 Å². The van der Waals surface area contributed by atoms with Gasteiger partial charge in [-0.15, -0.1) is 0 Å². The average molecular weight is 453 g/mol. The number of anilines is 1. The van der Waals surface area contributed by atoms with Gasteiger partial charge in [0.25, 0.3) is 0 Å². The molecule has 0 aliphatic carbocycles. The van der Waals surface area contributed by atoms with Crippen molar-refractivity contribution in [3.8, 4) is 17.2 Å². The van der Waals surface area contributed by atoms with Gasteiger partial charge in [0.1, 0.15) is 24.6 Å². The summed E-state index contributed by atoms with van der Waals surface area (Å²) < 4.78 is 17.3. The molecule has 3 aromatic carbocycles. The Bertz CT molecular complexity index is 952. The van der Waals surface area contributed by atoms with Gasteiger partial charge in [-0.25, -0.2) is 0 Å². The van der Waals surface area contributed by atoms with Gasteiger partial charge < -0.3 is 35.5 Å². The molecule has 0 bridgehead atoms. The maximum Gasteiger partial charge on any atom is 0.161 e. The molecule has 3 unspecified atom stereocenters. The molecule has 3 rings (SSSR count). The summed E-state index contributed by atoms with van der Waals surface area (Å²) in [5.74, 6) is 1.88. The van der Waals surface area contributed by atoms with E-state index in [4.69, 9.17) is 19.9 Å².